The molecule has 1 aromatic carbocycles. The van der Waals surface area contributed by atoms with Crippen molar-refractivity contribution in [3.8, 4) is 0 Å². The average molecular weight is 388 g/mol. The van der Waals surface area contributed by atoms with Crippen LogP contribution in [0.4, 0.5) is 5.95 Å². The van der Waals surface area contributed by atoms with Crippen molar-refractivity contribution in [2.24, 2.45) is 0 Å². The molecule has 144 valence electrons. The van der Waals surface area contributed by atoms with Crippen molar-refractivity contribution in [3.63, 3.8) is 0 Å². The van der Waals surface area contributed by atoms with Crippen LogP contribution in [0.5, 0.6) is 0 Å². The van der Waals surface area contributed by atoms with Gasteiger partial charge >= 0.3 is 0 Å². The number of benzene rings is 1. The molecule has 0 spiro atoms. The van der Waals surface area contributed by atoms with E-state index in [-0.39, 0.29) is 11.9 Å². The Kier molecular flexibility index (Phi) is 7.42. The number of hydrogen-bond donors (Lipinski definition) is 2. The van der Waals surface area contributed by atoms with E-state index >= 15 is 0 Å². The highest BCUT2D eigenvalue weighted by molar-refractivity contribution is 6.30. The number of hydrogen-bond acceptors (Lipinski definition) is 5. The Morgan fingerprint density at radius 1 is 1.15 bits per heavy atom. The first kappa shape index (κ1) is 19.6. The van der Waals surface area contributed by atoms with Gasteiger partial charge in [0.2, 0.25) is 11.9 Å². The molecule has 1 aliphatic heterocycles. The third kappa shape index (κ3) is 6.81. The first-order valence-corrected chi connectivity index (χ1v) is 9.84. The number of piperidine rings is 1. The number of carbonyl (C=O) groups is 1. The van der Waals surface area contributed by atoms with E-state index in [2.05, 4.69) is 37.6 Å². The second kappa shape index (κ2) is 10.2. The third-order valence-corrected chi connectivity index (χ3v) is 4.95. The first-order chi connectivity index (χ1) is 13.2. The van der Waals surface area contributed by atoms with Gasteiger partial charge in [0.25, 0.3) is 0 Å². The van der Waals surface area contributed by atoms with Gasteiger partial charge < -0.3 is 10.6 Å². The Balaban J connectivity index is 1.29. The van der Waals surface area contributed by atoms with Crippen molar-refractivity contribution in [3.05, 3.63) is 53.3 Å². The van der Waals surface area contributed by atoms with Gasteiger partial charge in [-0.2, -0.15) is 0 Å². The standard InChI is InChI=1S/C20H26ClN5O/c21-17-6-4-16(5-7-17)15-26-13-8-18(9-14-26)25-19(27)3-1-10-22-20-23-11-2-12-24-20/h2,4-7,11-12,18H,1,3,8-10,13-15H2,(H,25,27)(H,22,23,24). The minimum atomic E-state index is 0.127. The smallest absolute Gasteiger partial charge is 0.222 e. The number of nitrogens with zero attached hydrogens (tertiary/aromatic N) is 3. The fraction of sp³-hybridized carbons (Fsp3) is 0.450. The molecule has 7 heteroatoms. The highest BCUT2D eigenvalue weighted by atomic mass is 35.5. The maximum absolute atomic E-state index is 12.1. The average Bonchev–Trinajstić information content (AvgIpc) is 2.69. The quantitative estimate of drug-likeness (QED) is 0.681. The maximum Gasteiger partial charge on any atom is 0.222 e. The number of anilines is 1. The lowest BCUT2D eigenvalue weighted by atomic mass is 10.0. The largest absolute Gasteiger partial charge is 0.354 e. The Labute approximate surface area is 165 Å². The van der Waals surface area contributed by atoms with Gasteiger partial charge in [-0.3, -0.25) is 9.69 Å². The van der Waals surface area contributed by atoms with E-state index in [1.54, 1.807) is 18.5 Å². The molecule has 1 aromatic heterocycles. The van der Waals surface area contributed by atoms with E-state index in [1.807, 2.05) is 12.1 Å². The third-order valence-electron chi connectivity index (χ3n) is 4.70. The number of amides is 1. The highest BCUT2D eigenvalue weighted by Crippen LogP contribution is 2.16. The van der Waals surface area contributed by atoms with Gasteiger partial charge in [0.05, 0.1) is 0 Å². The Morgan fingerprint density at radius 3 is 2.56 bits per heavy atom. The van der Waals surface area contributed by atoms with Crippen LogP contribution in [0.3, 0.4) is 0 Å². The molecule has 0 radical (unpaired) electrons. The molecular formula is C20H26ClN5O. The van der Waals surface area contributed by atoms with E-state index in [0.717, 1.165) is 43.9 Å². The van der Waals surface area contributed by atoms with Crippen LogP contribution in [0.15, 0.2) is 42.7 Å². The van der Waals surface area contributed by atoms with Crippen LogP contribution >= 0.6 is 11.6 Å². The van der Waals surface area contributed by atoms with E-state index in [9.17, 15) is 4.79 Å². The summed E-state index contributed by atoms with van der Waals surface area (Å²) in [6.07, 6.45) is 6.66. The van der Waals surface area contributed by atoms with E-state index < -0.39 is 0 Å². The predicted octanol–water partition coefficient (Wildman–Crippen LogP) is 3.10. The summed E-state index contributed by atoms with van der Waals surface area (Å²) in [5.41, 5.74) is 1.27. The van der Waals surface area contributed by atoms with Crippen LogP contribution < -0.4 is 10.6 Å². The molecule has 0 unspecified atom stereocenters. The zero-order valence-electron chi connectivity index (χ0n) is 15.4. The topological polar surface area (TPSA) is 70.1 Å². The molecular weight excluding hydrogens is 362 g/mol. The fourth-order valence-electron chi connectivity index (χ4n) is 3.22. The molecule has 1 fully saturated rings. The van der Waals surface area contributed by atoms with E-state index in [0.29, 0.717) is 18.9 Å². The molecule has 27 heavy (non-hydrogen) atoms. The van der Waals surface area contributed by atoms with Gasteiger partial charge in [0, 0.05) is 56.1 Å². The molecule has 1 saturated heterocycles. The van der Waals surface area contributed by atoms with Crippen LogP contribution in [-0.4, -0.2) is 46.5 Å². The van der Waals surface area contributed by atoms with Crippen LogP contribution in [-0.2, 0) is 11.3 Å². The molecule has 0 saturated carbocycles. The van der Waals surface area contributed by atoms with Crippen LogP contribution in [0.25, 0.3) is 0 Å². The lowest BCUT2D eigenvalue weighted by molar-refractivity contribution is -0.122. The SMILES string of the molecule is O=C(CCCNc1ncccn1)NC1CCN(Cc2ccc(Cl)cc2)CC1. The number of rotatable bonds is 8. The van der Waals surface area contributed by atoms with Crippen molar-refractivity contribution >= 4 is 23.5 Å². The van der Waals surface area contributed by atoms with Crippen LogP contribution in [0, 0.1) is 0 Å². The second-order valence-corrected chi connectivity index (χ2v) is 7.28. The maximum atomic E-state index is 12.1. The summed E-state index contributed by atoms with van der Waals surface area (Å²) in [5, 5.41) is 7.06. The summed E-state index contributed by atoms with van der Waals surface area (Å²) < 4.78 is 0. The molecule has 2 aromatic rings. The first-order valence-electron chi connectivity index (χ1n) is 9.46. The summed E-state index contributed by atoms with van der Waals surface area (Å²) in [6.45, 7) is 3.63. The lowest BCUT2D eigenvalue weighted by Gasteiger charge is -2.32. The Hall–Kier alpha value is -2.18. The number of nitrogens with one attached hydrogen (secondary N) is 2. The molecule has 6 nitrogen and oxygen atoms in total. The van der Waals surface area contributed by atoms with Gasteiger partial charge in [0.1, 0.15) is 0 Å². The summed E-state index contributed by atoms with van der Waals surface area (Å²) in [7, 11) is 0. The van der Waals surface area contributed by atoms with Crippen molar-refractivity contribution in [1.82, 2.24) is 20.2 Å². The normalized spacial score (nSPS) is 15.4. The molecule has 0 aliphatic carbocycles. The molecule has 2 heterocycles. The molecule has 1 amide bonds. The van der Waals surface area contributed by atoms with Crippen LogP contribution in [0.2, 0.25) is 5.02 Å². The summed E-state index contributed by atoms with van der Waals surface area (Å²) >= 11 is 5.93. The summed E-state index contributed by atoms with van der Waals surface area (Å²) in [6, 6.07) is 10.1. The summed E-state index contributed by atoms with van der Waals surface area (Å²) in [5.74, 6) is 0.730. The van der Waals surface area contributed by atoms with Crippen molar-refractivity contribution in [1.29, 1.82) is 0 Å². The number of aromatic nitrogens is 2. The van der Waals surface area contributed by atoms with Gasteiger partial charge in [-0.25, -0.2) is 9.97 Å². The molecule has 2 N–H and O–H groups in total. The van der Waals surface area contributed by atoms with Gasteiger partial charge in [-0.15, -0.1) is 0 Å². The monoisotopic (exact) mass is 387 g/mol. The van der Waals surface area contributed by atoms with Crippen molar-refractivity contribution < 1.29 is 4.79 Å². The zero-order chi connectivity index (χ0) is 18.9. The van der Waals surface area contributed by atoms with E-state index in [4.69, 9.17) is 11.6 Å². The highest BCUT2D eigenvalue weighted by Gasteiger charge is 2.20. The Morgan fingerprint density at radius 2 is 1.85 bits per heavy atom. The lowest BCUT2D eigenvalue weighted by Crippen LogP contribution is -2.44. The minimum absolute atomic E-state index is 0.127. The van der Waals surface area contributed by atoms with Crippen LogP contribution in [0.1, 0.15) is 31.2 Å². The number of halogens is 1. The molecule has 0 bridgehead atoms. The second-order valence-electron chi connectivity index (χ2n) is 6.85. The number of carbonyl (C=O) groups excluding carboxylic acids is 1. The minimum Gasteiger partial charge on any atom is -0.354 e. The Bertz CT molecular complexity index is 702. The zero-order valence-corrected chi connectivity index (χ0v) is 16.2. The number of likely N-dealkylation sites (tertiary alicyclic amines) is 1. The predicted molar refractivity (Wildman–Crippen MR) is 108 cm³/mol. The molecule has 3 rings (SSSR count). The molecule has 0 atom stereocenters. The van der Waals surface area contributed by atoms with Gasteiger partial charge in [-0.1, -0.05) is 23.7 Å². The summed E-state index contributed by atoms with van der Waals surface area (Å²) in [4.78, 5) is 22.7. The molecule has 1 aliphatic rings. The van der Waals surface area contributed by atoms with Gasteiger partial charge in [-0.05, 0) is 43.0 Å². The van der Waals surface area contributed by atoms with E-state index in [1.165, 1.54) is 5.56 Å². The van der Waals surface area contributed by atoms with Crippen molar-refractivity contribution in [2.75, 3.05) is 25.0 Å². The van der Waals surface area contributed by atoms with Crippen molar-refractivity contribution in [2.45, 2.75) is 38.3 Å². The van der Waals surface area contributed by atoms with Gasteiger partial charge in [0.15, 0.2) is 0 Å². The fourth-order valence-corrected chi connectivity index (χ4v) is 3.35.